The predicted octanol–water partition coefficient (Wildman–Crippen LogP) is 2.12. The van der Waals surface area contributed by atoms with Crippen LogP contribution in [0, 0.1) is 27.9 Å². The summed E-state index contributed by atoms with van der Waals surface area (Å²) in [4.78, 5) is 22.1. The zero-order valence-electron chi connectivity index (χ0n) is 12.8. The fourth-order valence-electron chi connectivity index (χ4n) is 4.12. The number of fused-ring (bicyclic) bond motifs is 2. The first-order valence-corrected chi connectivity index (χ1v) is 7.99. The van der Waals surface area contributed by atoms with Crippen molar-refractivity contribution in [2.24, 2.45) is 17.8 Å². The monoisotopic (exact) mass is 306 g/mol. The molecule has 0 spiro atoms. The highest BCUT2D eigenvalue weighted by Gasteiger charge is 2.42. The highest BCUT2D eigenvalue weighted by Crippen LogP contribution is 2.49. The number of hydrogen-bond acceptors (Lipinski definition) is 4. The number of carbonyl (C=O) groups is 1. The van der Waals surface area contributed by atoms with Gasteiger partial charge in [0.2, 0.25) is 5.91 Å². The highest BCUT2D eigenvalue weighted by molar-refractivity contribution is 5.76. The Morgan fingerprint density at radius 3 is 2.95 bits per heavy atom. The molecule has 120 valence electrons. The fourth-order valence-corrected chi connectivity index (χ4v) is 4.12. The first-order valence-electron chi connectivity index (χ1n) is 7.99. The molecule has 0 saturated heterocycles. The Labute approximate surface area is 129 Å². The molecule has 2 aliphatic carbocycles. The van der Waals surface area contributed by atoms with Crippen LogP contribution in [0.3, 0.4) is 0 Å². The lowest BCUT2D eigenvalue weighted by atomic mass is 9.84. The molecule has 22 heavy (non-hydrogen) atoms. The standard InChI is InChI=1S/C15H22N4O3/c1-10(14-7-11-2-3-12(14)6-11)17-15(20)4-5-18-9-13(8-16-18)19(21)22/h8-12,14H,2-7H2,1H3,(H,17,20). The molecule has 1 aromatic rings. The van der Waals surface area contributed by atoms with Gasteiger partial charge in [-0.3, -0.25) is 19.6 Å². The van der Waals surface area contributed by atoms with E-state index in [-0.39, 0.29) is 17.6 Å². The summed E-state index contributed by atoms with van der Waals surface area (Å²) in [6.45, 7) is 2.46. The van der Waals surface area contributed by atoms with Gasteiger partial charge in [-0.2, -0.15) is 5.10 Å². The molecule has 0 aliphatic heterocycles. The number of carbonyl (C=O) groups excluding carboxylic acids is 1. The molecule has 1 aromatic heterocycles. The van der Waals surface area contributed by atoms with Crippen molar-refractivity contribution in [3.63, 3.8) is 0 Å². The summed E-state index contributed by atoms with van der Waals surface area (Å²) >= 11 is 0. The summed E-state index contributed by atoms with van der Waals surface area (Å²) < 4.78 is 1.44. The van der Waals surface area contributed by atoms with Crippen LogP contribution in [0.5, 0.6) is 0 Å². The lowest BCUT2D eigenvalue weighted by Crippen LogP contribution is -2.40. The normalized spacial score (nSPS) is 27.8. The lowest BCUT2D eigenvalue weighted by Gasteiger charge is -2.28. The van der Waals surface area contributed by atoms with E-state index in [1.54, 1.807) is 0 Å². The minimum Gasteiger partial charge on any atom is -0.353 e. The summed E-state index contributed by atoms with van der Waals surface area (Å²) in [6, 6.07) is 0.217. The number of nitrogens with zero attached hydrogens (tertiary/aromatic N) is 3. The molecule has 1 N–H and O–H groups in total. The number of aromatic nitrogens is 2. The molecule has 7 heteroatoms. The number of hydrogen-bond donors (Lipinski definition) is 1. The molecule has 2 fully saturated rings. The predicted molar refractivity (Wildman–Crippen MR) is 80.0 cm³/mol. The van der Waals surface area contributed by atoms with Crippen LogP contribution in [0.1, 0.15) is 39.0 Å². The minimum atomic E-state index is -0.485. The van der Waals surface area contributed by atoms with Crippen molar-refractivity contribution in [2.45, 2.75) is 51.6 Å². The molecule has 2 saturated carbocycles. The smallest absolute Gasteiger partial charge is 0.306 e. The van der Waals surface area contributed by atoms with E-state index in [0.29, 0.717) is 18.9 Å². The van der Waals surface area contributed by atoms with Crippen LogP contribution in [0.2, 0.25) is 0 Å². The van der Waals surface area contributed by atoms with Gasteiger partial charge in [-0.25, -0.2) is 0 Å². The Balaban J connectivity index is 1.45. The van der Waals surface area contributed by atoms with Gasteiger partial charge in [-0.1, -0.05) is 6.42 Å². The van der Waals surface area contributed by atoms with Gasteiger partial charge in [-0.05, 0) is 43.9 Å². The molecule has 4 unspecified atom stereocenters. The van der Waals surface area contributed by atoms with E-state index in [1.807, 2.05) is 0 Å². The van der Waals surface area contributed by atoms with E-state index in [0.717, 1.165) is 11.8 Å². The maximum Gasteiger partial charge on any atom is 0.306 e. The van der Waals surface area contributed by atoms with Crippen molar-refractivity contribution in [1.29, 1.82) is 0 Å². The van der Waals surface area contributed by atoms with Gasteiger partial charge in [-0.15, -0.1) is 0 Å². The van der Waals surface area contributed by atoms with E-state index in [9.17, 15) is 14.9 Å². The maximum atomic E-state index is 12.0. The SMILES string of the molecule is CC(NC(=O)CCn1cc([N+](=O)[O-])cn1)C1CC2CCC1C2. The van der Waals surface area contributed by atoms with Crippen LogP contribution in [-0.2, 0) is 11.3 Å². The number of nitrogens with one attached hydrogen (secondary N) is 1. The summed E-state index contributed by atoms with van der Waals surface area (Å²) in [6.07, 6.45) is 8.11. The average molecular weight is 306 g/mol. The van der Waals surface area contributed by atoms with Crippen LogP contribution in [0.15, 0.2) is 12.4 Å². The lowest BCUT2D eigenvalue weighted by molar-refractivity contribution is -0.385. The molecule has 0 aromatic carbocycles. The van der Waals surface area contributed by atoms with Gasteiger partial charge < -0.3 is 5.32 Å². The Hall–Kier alpha value is -1.92. The molecule has 4 atom stereocenters. The molecule has 1 amide bonds. The molecular formula is C15H22N4O3. The largest absolute Gasteiger partial charge is 0.353 e. The molecule has 2 aliphatic rings. The van der Waals surface area contributed by atoms with Crippen LogP contribution in [-0.4, -0.2) is 26.7 Å². The summed E-state index contributed by atoms with van der Waals surface area (Å²) in [5.74, 6) is 2.27. The Morgan fingerprint density at radius 1 is 1.55 bits per heavy atom. The van der Waals surface area contributed by atoms with Crippen molar-refractivity contribution < 1.29 is 9.72 Å². The zero-order valence-corrected chi connectivity index (χ0v) is 12.8. The van der Waals surface area contributed by atoms with Crippen molar-refractivity contribution in [1.82, 2.24) is 15.1 Å². The van der Waals surface area contributed by atoms with Crippen molar-refractivity contribution >= 4 is 11.6 Å². The Kier molecular flexibility index (Phi) is 4.13. The first kappa shape index (κ1) is 15.0. The highest BCUT2D eigenvalue weighted by atomic mass is 16.6. The van der Waals surface area contributed by atoms with E-state index < -0.39 is 4.92 Å². The number of amides is 1. The molecule has 1 heterocycles. The van der Waals surface area contributed by atoms with Crippen LogP contribution in [0.4, 0.5) is 5.69 Å². The Morgan fingerprint density at radius 2 is 2.36 bits per heavy atom. The van der Waals surface area contributed by atoms with Crippen molar-refractivity contribution in [3.05, 3.63) is 22.5 Å². The molecule has 7 nitrogen and oxygen atoms in total. The van der Waals surface area contributed by atoms with Crippen LogP contribution < -0.4 is 5.32 Å². The van der Waals surface area contributed by atoms with Gasteiger partial charge in [0.15, 0.2) is 0 Å². The van der Waals surface area contributed by atoms with E-state index >= 15 is 0 Å². The number of nitro groups is 1. The van der Waals surface area contributed by atoms with Gasteiger partial charge in [0.05, 0.1) is 4.92 Å². The summed E-state index contributed by atoms with van der Waals surface area (Å²) in [5.41, 5.74) is -0.0456. The summed E-state index contributed by atoms with van der Waals surface area (Å²) in [7, 11) is 0. The molecular weight excluding hydrogens is 284 g/mol. The maximum absolute atomic E-state index is 12.0. The molecule has 0 radical (unpaired) electrons. The summed E-state index contributed by atoms with van der Waals surface area (Å²) in [5, 5.41) is 17.6. The van der Waals surface area contributed by atoms with E-state index in [2.05, 4.69) is 17.3 Å². The van der Waals surface area contributed by atoms with Crippen molar-refractivity contribution in [2.75, 3.05) is 0 Å². The van der Waals surface area contributed by atoms with E-state index in [4.69, 9.17) is 0 Å². The fraction of sp³-hybridized carbons (Fsp3) is 0.733. The van der Waals surface area contributed by atoms with Crippen molar-refractivity contribution in [3.8, 4) is 0 Å². The second-order valence-corrected chi connectivity index (χ2v) is 6.66. The number of rotatable bonds is 6. The molecule has 2 bridgehead atoms. The minimum absolute atomic E-state index is 0.00609. The first-order chi connectivity index (χ1) is 10.5. The van der Waals surface area contributed by atoms with Gasteiger partial charge in [0.1, 0.15) is 12.4 Å². The van der Waals surface area contributed by atoms with Gasteiger partial charge in [0, 0.05) is 19.0 Å². The zero-order chi connectivity index (χ0) is 15.7. The topological polar surface area (TPSA) is 90.1 Å². The van der Waals surface area contributed by atoms with Gasteiger partial charge >= 0.3 is 5.69 Å². The Bertz CT molecular complexity index is 571. The molecule has 3 rings (SSSR count). The average Bonchev–Trinajstić information content (AvgIpc) is 3.20. The third kappa shape index (κ3) is 3.13. The second-order valence-electron chi connectivity index (χ2n) is 6.66. The van der Waals surface area contributed by atoms with E-state index in [1.165, 1.54) is 42.8 Å². The van der Waals surface area contributed by atoms with Crippen LogP contribution >= 0.6 is 0 Å². The third-order valence-corrected chi connectivity index (χ3v) is 5.22. The van der Waals surface area contributed by atoms with Gasteiger partial charge in [0.25, 0.3) is 0 Å². The second kappa shape index (κ2) is 6.06. The number of aryl methyl sites for hydroxylation is 1. The quantitative estimate of drug-likeness (QED) is 0.644. The third-order valence-electron chi connectivity index (χ3n) is 5.22. The van der Waals surface area contributed by atoms with Crippen LogP contribution in [0.25, 0.3) is 0 Å².